The summed E-state index contributed by atoms with van der Waals surface area (Å²) in [5, 5.41) is 3.05. The fourth-order valence-electron chi connectivity index (χ4n) is 4.01. The fourth-order valence-corrected chi connectivity index (χ4v) is 5.84. The summed E-state index contributed by atoms with van der Waals surface area (Å²) >= 11 is 3.36. The number of nitrogens with zero attached hydrogens (tertiary/aromatic N) is 3. The molecule has 2 aliphatic heterocycles. The van der Waals surface area contributed by atoms with Crippen LogP contribution in [0.2, 0.25) is 0 Å². The van der Waals surface area contributed by atoms with Crippen molar-refractivity contribution in [3.63, 3.8) is 0 Å². The van der Waals surface area contributed by atoms with E-state index in [1.54, 1.807) is 0 Å². The van der Waals surface area contributed by atoms with Crippen LogP contribution in [0.25, 0.3) is 0 Å². The molecule has 2 fully saturated rings. The molecule has 2 heterocycles. The van der Waals surface area contributed by atoms with Crippen molar-refractivity contribution in [2.45, 2.75) is 25.0 Å². The van der Waals surface area contributed by atoms with E-state index in [0.29, 0.717) is 32.5 Å². The van der Waals surface area contributed by atoms with Crippen LogP contribution in [0.1, 0.15) is 24.8 Å². The molecule has 2 aliphatic rings. The quantitative estimate of drug-likeness (QED) is 0.550. The van der Waals surface area contributed by atoms with Crippen molar-refractivity contribution in [1.82, 2.24) is 19.4 Å². The van der Waals surface area contributed by atoms with Crippen LogP contribution in [0, 0.1) is 5.92 Å². The second kappa shape index (κ2) is 11.0. The average Bonchev–Trinajstić information content (AvgIpc) is 2.74. The summed E-state index contributed by atoms with van der Waals surface area (Å²) in [5.74, 6) is -0.0187. The van der Waals surface area contributed by atoms with Gasteiger partial charge in [0.05, 0.1) is 5.75 Å². The van der Waals surface area contributed by atoms with E-state index in [2.05, 4.69) is 38.1 Å². The molecule has 3 rings (SSSR count). The van der Waals surface area contributed by atoms with Crippen LogP contribution in [0.15, 0.2) is 28.7 Å². The van der Waals surface area contributed by atoms with Crippen molar-refractivity contribution in [2.24, 2.45) is 5.92 Å². The molecule has 30 heavy (non-hydrogen) atoms. The van der Waals surface area contributed by atoms with Crippen LogP contribution in [-0.2, 0) is 20.6 Å². The van der Waals surface area contributed by atoms with E-state index in [-0.39, 0.29) is 17.6 Å². The number of rotatable bonds is 8. The Morgan fingerprint density at radius 1 is 1.07 bits per heavy atom. The second-order valence-corrected chi connectivity index (χ2v) is 11.2. The first-order valence-electron chi connectivity index (χ1n) is 10.7. The molecule has 1 aromatic rings. The lowest BCUT2D eigenvalue weighted by Gasteiger charge is -2.32. The number of piperidine rings is 1. The molecule has 1 amide bonds. The Morgan fingerprint density at radius 3 is 2.33 bits per heavy atom. The number of likely N-dealkylation sites (N-methyl/N-ethyl adjacent to an activating group) is 1. The molecule has 2 saturated heterocycles. The van der Waals surface area contributed by atoms with Crippen LogP contribution in [-0.4, -0.2) is 87.8 Å². The summed E-state index contributed by atoms with van der Waals surface area (Å²) in [6, 6.07) is 7.35. The molecule has 0 spiro atoms. The molecule has 1 aromatic carbocycles. The van der Waals surface area contributed by atoms with Gasteiger partial charge in [0.1, 0.15) is 0 Å². The molecule has 0 bridgehead atoms. The van der Waals surface area contributed by atoms with Gasteiger partial charge in [0.2, 0.25) is 15.9 Å². The van der Waals surface area contributed by atoms with E-state index in [1.165, 1.54) is 4.31 Å². The molecule has 9 heteroatoms. The van der Waals surface area contributed by atoms with Gasteiger partial charge in [-0.3, -0.25) is 4.79 Å². The highest BCUT2D eigenvalue weighted by Gasteiger charge is 2.31. The maximum Gasteiger partial charge on any atom is 0.223 e. The van der Waals surface area contributed by atoms with Gasteiger partial charge in [-0.2, -0.15) is 0 Å². The van der Waals surface area contributed by atoms with Gasteiger partial charge in [-0.25, -0.2) is 12.7 Å². The Bertz CT molecular complexity index is 787. The lowest BCUT2D eigenvalue weighted by Crippen LogP contribution is -2.45. The third-order valence-corrected chi connectivity index (χ3v) is 8.41. The van der Waals surface area contributed by atoms with Crippen molar-refractivity contribution in [3.8, 4) is 0 Å². The minimum Gasteiger partial charge on any atom is -0.356 e. The molecule has 0 aromatic heterocycles. The highest BCUT2D eigenvalue weighted by Crippen LogP contribution is 2.22. The summed E-state index contributed by atoms with van der Waals surface area (Å²) in [6.07, 6.45) is 2.13. The van der Waals surface area contributed by atoms with E-state index in [0.717, 1.165) is 49.2 Å². The Hall–Kier alpha value is -1.00. The highest BCUT2D eigenvalue weighted by molar-refractivity contribution is 9.10. The van der Waals surface area contributed by atoms with Crippen molar-refractivity contribution < 1.29 is 13.2 Å². The topological polar surface area (TPSA) is 73.0 Å². The number of carbonyl (C=O) groups is 1. The minimum absolute atomic E-state index is 0.00341. The first-order chi connectivity index (χ1) is 14.3. The number of nitrogens with one attached hydrogen (secondary N) is 1. The number of hydrogen-bond donors (Lipinski definition) is 1. The SMILES string of the molecule is CN1CCN(CCCNC(=O)C2CCN(S(=O)(=O)Cc3ccc(Br)cc3)CC2)CC1. The van der Waals surface area contributed by atoms with Gasteiger partial charge in [-0.15, -0.1) is 0 Å². The van der Waals surface area contributed by atoms with E-state index in [1.807, 2.05) is 24.3 Å². The Balaban J connectivity index is 1.36. The summed E-state index contributed by atoms with van der Waals surface area (Å²) in [4.78, 5) is 17.3. The van der Waals surface area contributed by atoms with Crippen LogP contribution < -0.4 is 5.32 Å². The largest absolute Gasteiger partial charge is 0.356 e. The molecule has 1 N–H and O–H groups in total. The molecular weight excluding hydrogens is 468 g/mol. The number of benzene rings is 1. The fraction of sp³-hybridized carbons (Fsp3) is 0.667. The van der Waals surface area contributed by atoms with Crippen LogP contribution in [0.5, 0.6) is 0 Å². The minimum atomic E-state index is -3.36. The number of piperazine rings is 1. The van der Waals surface area contributed by atoms with Gasteiger partial charge in [0.25, 0.3) is 0 Å². The third kappa shape index (κ3) is 7.02. The van der Waals surface area contributed by atoms with Gasteiger partial charge in [0.15, 0.2) is 0 Å². The highest BCUT2D eigenvalue weighted by atomic mass is 79.9. The second-order valence-electron chi connectivity index (χ2n) is 8.35. The molecule has 168 valence electrons. The van der Waals surface area contributed by atoms with E-state index < -0.39 is 10.0 Å². The zero-order valence-corrected chi connectivity index (χ0v) is 20.1. The van der Waals surface area contributed by atoms with Gasteiger partial charge >= 0.3 is 0 Å². The number of halogens is 1. The Morgan fingerprint density at radius 2 is 1.70 bits per heavy atom. The summed E-state index contributed by atoms with van der Waals surface area (Å²) in [6.45, 7) is 6.94. The predicted molar refractivity (Wildman–Crippen MR) is 123 cm³/mol. The number of amides is 1. The van der Waals surface area contributed by atoms with Crippen LogP contribution in [0.4, 0.5) is 0 Å². The first-order valence-corrected chi connectivity index (χ1v) is 13.1. The maximum atomic E-state index is 12.7. The molecule has 0 unspecified atom stereocenters. The predicted octanol–water partition coefficient (Wildman–Crippen LogP) is 1.74. The van der Waals surface area contributed by atoms with Crippen molar-refractivity contribution >= 4 is 31.9 Å². The monoisotopic (exact) mass is 500 g/mol. The standard InChI is InChI=1S/C21H33BrN4O3S/c1-24-13-15-25(16-14-24)10-2-9-23-21(27)19-7-11-26(12-8-19)30(28,29)17-18-3-5-20(22)6-4-18/h3-6,19H,2,7-17H2,1H3,(H,23,27). The van der Waals surface area contributed by atoms with E-state index in [4.69, 9.17) is 0 Å². The summed E-state index contributed by atoms with van der Waals surface area (Å²) in [5.41, 5.74) is 0.776. The Labute approximate surface area is 189 Å². The van der Waals surface area contributed by atoms with Crippen LogP contribution in [0.3, 0.4) is 0 Å². The Kier molecular flexibility index (Phi) is 8.71. The third-order valence-electron chi connectivity index (χ3n) is 6.03. The maximum absolute atomic E-state index is 12.7. The lowest BCUT2D eigenvalue weighted by molar-refractivity contribution is -0.126. The number of sulfonamides is 1. The van der Waals surface area contributed by atoms with Gasteiger partial charge in [-0.1, -0.05) is 28.1 Å². The first kappa shape index (κ1) is 23.7. The van der Waals surface area contributed by atoms with Crippen molar-refractivity contribution in [1.29, 1.82) is 0 Å². The van der Waals surface area contributed by atoms with E-state index in [9.17, 15) is 13.2 Å². The van der Waals surface area contributed by atoms with Crippen LogP contribution >= 0.6 is 15.9 Å². The van der Waals surface area contributed by atoms with Gasteiger partial charge in [-0.05, 0) is 50.6 Å². The van der Waals surface area contributed by atoms with Crippen molar-refractivity contribution in [2.75, 3.05) is 59.4 Å². The average molecular weight is 501 g/mol. The summed E-state index contributed by atoms with van der Waals surface area (Å²) in [7, 11) is -1.21. The molecular formula is C21H33BrN4O3S. The molecule has 0 atom stereocenters. The normalized spacial score (nSPS) is 20.3. The smallest absolute Gasteiger partial charge is 0.223 e. The number of hydrogen-bond acceptors (Lipinski definition) is 5. The molecule has 0 radical (unpaired) electrons. The molecule has 0 saturated carbocycles. The number of carbonyl (C=O) groups excluding carboxylic acids is 1. The molecule has 0 aliphatic carbocycles. The molecule has 7 nitrogen and oxygen atoms in total. The van der Waals surface area contributed by atoms with Crippen molar-refractivity contribution in [3.05, 3.63) is 34.3 Å². The van der Waals surface area contributed by atoms with Gasteiger partial charge < -0.3 is 15.1 Å². The zero-order valence-electron chi connectivity index (χ0n) is 17.7. The lowest BCUT2D eigenvalue weighted by atomic mass is 9.97. The van der Waals surface area contributed by atoms with E-state index >= 15 is 0 Å². The zero-order chi connectivity index (χ0) is 21.6. The summed E-state index contributed by atoms with van der Waals surface area (Å²) < 4.78 is 27.9. The van der Waals surface area contributed by atoms with Gasteiger partial charge in [0, 0.05) is 56.2 Å².